The highest BCUT2D eigenvalue weighted by molar-refractivity contribution is 9.10. The first-order valence-corrected chi connectivity index (χ1v) is 6.63. The Bertz CT molecular complexity index is 634. The summed E-state index contributed by atoms with van der Waals surface area (Å²) in [7, 11) is 0. The summed E-state index contributed by atoms with van der Waals surface area (Å²) in [6.07, 6.45) is 0. The predicted octanol–water partition coefficient (Wildman–Crippen LogP) is 3.26. The molecular weight excluding hydrogens is 324 g/mol. The molecule has 2 aromatic rings. The van der Waals surface area contributed by atoms with Gasteiger partial charge in [-0.05, 0) is 29.8 Å². The zero-order valence-corrected chi connectivity index (χ0v) is 12.1. The van der Waals surface area contributed by atoms with Crippen LogP contribution in [0.5, 0.6) is 0 Å². The number of nitrogen functional groups attached to an aromatic ring is 1. The van der Waals surface area contributed by atoms with Crippen LogP contribution in [0, 0.1) is 10.1 Å². The molecule has 104 valence electrons. The fourth-order valence-corrected chi connectivity index (χ4v) is 2.29. The molecule has 0 bridgehead atoms. The van der Waals surface area contributed by atoms with Crippen LogP contribution in [-0.2, 0) is 6.54 Å². The molecule has 0 heterocycles. The van der Waals surface area contributed by atoms with Crippen molar-refractivity contribution in [2.45, 2.75) is 6.54 Å². The van der Waals surface area contributed by atoms with Gasteiger partial charge in [0.05, 0.1) is 4.92 Å². The van der Waals surface area contributed by atoms with Crippen molar-refractivity contribution in [2.75, 3.05) is 10.7 Å². The van der Waals surface area contributed by atoms with Gasteiger partial charge in [0.25, 0.3) is 0 Å². The molecule has 0 atom stereocenters. The van der Waals surface area contributed by atoms with E-state index in [4.69, 9.17) is 5.84 Å². The summed E-state index contributed by atoms with van der Waals surface area (Å²) >= 11 is 3.39. The number of anilines is 2. The van der Waals surface area contributed by atoms with Crippen LogP contribution < -0.4 is 16.6 Å². The Labute approximate surface area is 124 Å². The van der Waals surface area contributed by atoms with Gasteiger partial charge in [0, 0.05) is 11.0 Å². The number of nitrogens with zero attached hydrogens (tertiary/aromatic N) is 1. The molecule has 20 heavy (non-hydrogen) atoms. The zero-order valence-electron chi connectivity index (χ0n) is 10.5. The summed E-state index contributed by atoms with van der Waals surface area (Å²) in [6.45, 7) is 0.480. The van der Waals surface area contributed by atoms with Gasteiger partial charge in [0.1, 0.15) is 11.4 Å². The van der Waals surface area contributed by atoms with Gasteiger partial charge in [-0.25, -0.2) is 0 Å². The molecule has 4 N–H and O–H groups in total. The van der Waals surface area contributed by atoms with Crippen molar-refractivity contribution in [3.63, 3.8) is 0 Å². The molecule has 0 aliphatic carbocycles. The number of nitro benzene ring substituents is 1. The molecule has 2 aromatic carbocycles. The van der Waals surface area contributed by atoms with Crippen molar-refractivity contribution in [1.82, 2.24) is 0 Å². The van der Waals surface area contributed by atoms with Crippen LogP contribution in [0.4, 0.5) is 17.1 Å². The molecule has 7 heteroatoms. The number of para-hydroxylation sites is 1. The fourth-order valence-electron chi connectivity index (χ4n) is 1.84. The molecule has 0 aromatic heterocycles. The minimum atomic E-state index is -0.460. The van der Waals surface area contributed by atoms with Gasteiger partial charge in [-0.2, -0.15) is 0 Å². The number of nitrogens with two attached hydrogens (primary N) is 1. The van der Waals surface area contributed by atoms with Crippen molar-refractivity contribution in [3.8, 4) is 0 Å². The second-order valence-corrected chi connectivity index (χ2v) is 5.00. The van der Waals surface area contributed by atoms with E-state index in [2.05, 4.69) is 26.7 Å². The second-order valence-electron chi connectivity index (χ2n) is 4.09. The largest absolute Gasteiger partial charge is 0.375 e. The lowest BCUT2D eigenvalue weighted by molar-refractivity contribution is -0.383. The van der Waals surface area contributed by atoms with E-state index in [1.807, 2.05) is 24.3 Å². The monoisotopic (exact) mass is 336 g/mol. The van der Waals surface area contributed by atoms with Crippen molar-refractivity contribution in [3.05, 3.63) is 62.6 Å². The smallest absolute Gasteiger partial charge is 0.316 e. The number of nitro groups is 1. The lowest BCUT2D eigenvalue weighted by atomic mass is 10.2. The summed E-state index contributed by atoms with van der Waals surface area (Å²) in [5.74, 6) is 5.30. The maximum Gasteiger partial charge on any atom is 0.316 e. The third-order valence-corrected chi connectivity index (χ3v) is 3.24. The van der Waals surface area contributed by atoms with E-state index in [0.717, 1.165) is 10.0 Å². The first kappa shape index (κ1) is 14.3. The summed E-state index contributed by atoms with van der Waals surface area (Å²) in [5.41, 5.74) is 3.98. The second kappa shape index (κ2) is 6.36. The maximum absolute atomic E-state index is 11.1. The van der Waals surface area contributed by atoms with Crippen molar-refractivity contribution < 1.29 is 4.92 Å². The molecule has 0 fully saturated rings. The van der Waals surface area contributed by atoms with E-state index < -0.39 is 4.92 Å². The molecule has 2 rings (SSSR count). The number of benzene rings is 2. The average molecular weight is 337 g/mol. The van der Waals surface area contributed by atoms with Crippen LogP contribution in [0.3, 0.4) is 0 Å². The van der Waals surface area contributed by atoms with Gasteiger partial charge in [-0.1, -0.05) is 34.1 Å². The third-order valence-electron chi connectivity index (χ3n) is 2.75. The fraction of sp³-hybridized carbons (Fsp3) is 0.0769. The molecule has 0 saturated carbocycles. The van der Waals surface area contributed by atoms with Crippen molar-refractivity contribution in [2.24, 2.45) is 5.84 Å². The summed E-state index contributed by atoms with van der Waals surface area (Å²) < 4.78 is 0.962. The van der Waals surface area contributed by atoms with Gasteiger partial charge in [0.2, 0.25) is 0 Å². The standard InChI is InChI=1S/C13H13BrN4O2/c14-10-4-1-3-9(7-10)8-16-11-5-2-6-12(17-15)13(11)18(19)20/h1-7,16-17H,8,15H2. The molecular formula is C13H13BrN4O2. The van der Waals surface area contributed by atoms with Gasteiger partial charge >= 0.3 is 5.69 Å². The molecule has 0 aliphatic rings. The quantitative estimate of drug-likeness (QED) is 0.442. The van der Waals surface area contributed by atoms with E-state index in [9.17, 15) is 10.1 Å². The highest BCUT2D eigenvalue weighted by Crippen LogP contribution is 2.32. The number of hydrazine groups is 1. The van der Waals surface area contributed by atoms with E-state index >= 15 is 0 Å². The van der Waals surface area contributed by atoms with E-state index in [1.54, 1.807) is 18.2 Å². The summed E-state index contributed by atoms with van der Waals surface area (Å²) in [5, 5.41) is 14.2. The summed E-state index contributed by atoms with van der Waals surface area (Å²) in [4.78, 5) is 10.7. The molecule has 0 saturated heterocycles. The van der Waals surface area contributed by atoms with Crippen LogP contribution in [0.2, 0.25) is 0 Å². The van der Waals surface area contributed by atoms with Crippen molar-refractivity contribution >= 4 is 33.0 Å². The number of hydrogen-bond acceptors (Lipinski definition) is 5. The Morgan fingerprint density at radius 1 is 1.20 bits per heavy atom. The molecule has 0 aliphatic heterocycles. The lowest BCUT2D eigenvalue weighted by Gasteiger charge is -2.10. The Balaban J connectivity index is 2.23. The van der Waals surface area contributed by atoms with Crippen LogP contribution in [0.1, 0.15) is 5.56 Å². The lowest BCUT2D eigenvalue weighted by Crippen LogP contribution is -2.11. The van der Waals surface area contributed by atoms with E-state index in [1.165, 1.54) is 0 Å². The Morgan fingerprint density at radius 2 is 1.90 bits per heavy atom. The van der Waals surface area contributed by atoms with Gasteiger partial charge in [-0.3, -0.25) is 16.0 Å². The van der Waals surface area contributed by atoms with E-state index in [0.29, 0.717) is 12.2 Å². The number of rotatable bonds is 5. The normalized spacial score (nSPS) is 10.1. The van der Waals surface area contributed by atoms with Crippen LogP contribution in [-0.4, -0.2) is 4.92 Å². The Hall–Kier alpha value is -2.12. The summed E-state index contributed by atoms with van der Waals surface area (Å²) in [6, 6.07) is 12.6. The first-order chi connectivity index (χ1) is 9.61. The molecule has 0 spiro atoms. The number of hydrogen-bond donors (Lipinski definition) is 3. The topological polar surface area (TPSA) is 93.2 Å². The van der Waals surface area contributed by atoms with Gasteiger partial charge in [-0.15, -0.1) is 0 Å². The average Bonchev–Trinajstić information content (AvgIpc) is 2.44. The number of nitrogens with one attached hydrogen (secondary N) is 2. The van der Waals surface area contributed by atoms with Crippen LogP contribution in [0.15, 0.2) is 46.9 Å². The van der Waals surface area contributed by atoms with Crippen LogP contribution >= 0.6 is 15.9 Å². The Morgan fingerprint density at radius 3 is 2.55 bits per heavy atom. The minimum Gasteiger partial charge on any atom is -0.375 e. The maximum atomic E-state index is 11.1. The zero-order chi connectivity index (χ0) is 14.5. The number of halogens is 1. The SMILES string of the molecule is NNc1cccc(NCc2cccc(Br)c2)c1[N+](=O)[O-]. The highest BCUT2D eigenvalue weighted by Gasteiger charge is 2.18. The molecule has 6 nitrogen and oxygen atoms in total. The van der Waals surface area contributed by atoms with Gasteiger partial charge in [0.15, 0.2) is 0 Å². The minimum absolute atomic E-state index is 0.0648. The third kappa shape index (κ3) is 3.25. The predicted molar refractivity (Wildman–Crippen MR) is 82.4 cm³/mol. The van der Waals surface area contributed by atoms with E-state index in [-0.39, 0.29) is 11.4 Å². The molecule has 0 amide bonds. The van der Waals surface area contributed by atoms with Gasteiger partial charge < -0.3 is 10.7 Å². The highest BCUT2D eigenvalue weighted by atomic mass is 79.9. The van der Waals surface area contributed by atoms with Crippen LogP contribution in [0.25, 0.3) is 0 Å². The molecule has 0 unspecified atom stereocenters. The first-order valence-electron chi connectivity index (χ1n) is 5.84. The molecule has 0 radical (unpaired) electrons. The Kier molecular flexibility index (Phi) is 4.54. The van der Waals surface area contributed by atoms with Crippen molar-refractivity contribution in [1.29, 1.82) is 0 Å².